The van der Waals surface area contributed by atoms with Crippen LogP contribution in [0.25, 0.3) is 0 Å². The molecular weight excluding hydrogens is 216 g/mol. The fourth-order valence-corrected chi connectivity index (χ4v) is 2.27. The fraction of sp³-hybridized carbons (Fsp3) is 0.615. The van der Waals surface area contributed by atoms with Gasteiger partial charge >= 0.3 is 0 Å². The van der Waals surface area contributed by atoms with Crippen molar-refractivity contribution in [3.05, 3.63) is 21.9 Å². The van der Waals surface area contributed by atoms with Crippen molar-refractivity contribution in [2.75, 3.05) is 6.54 Å². The van der Waals surface area contributed by atoms with Gasteiger partial charge in [-0.3, -0.25) is 0 Å². The molecule has 1 N–H and O–H groups in total. The van der Waals surface area contributed by atoms with E-state index in [1.807, 2.05) is 11.4 Å². The van der Waals surface area contributed by atoms with Gasteiger partial charge in [0.25, 0.3) is 0 Å². The normalized spacial score (nSPS) is 11.4. The lowest BCUT2D eigenvalue weighted by molar-refractivity contribution is 0.361. The van der Waals surface area contributed by atoms with Gasteiger partial charge in [-0.25, -0.2) is 0 Å². The van der Waals surface area contributed by atoms with Crippen LogP contribution in [0.2, 0.25) is 0 Å². The molecule has 0 saturated heterocycles. The van der Waals surface area contributed by atoms with Crippen LogP contribution in [0.15, 0.2) is 11.4 Å². The predicted octanol–water partition coefficient (Wildman–Crippen LogP) is 3.54. The third-order valence-corrected chi connectivity index (χ3v) is 3.30. The zero-order valence-electron chi connectivity index (χ0n) is 10.3. The van der Waals surface area contributed by atoms with Crippen LogP contribution in [0.3, 0.4) is 0 Å². The average Bonchev–Trinajstić information content (AvgIpc) is 2.63. The Morgan fingerprint density at radius 1 is 1.44 bits per heavy atom. The highest BCUT2D eigenvalue weighted by Crippen LogP contribution is 2.20. The van der Waals surface area contributed by atoms with E-state index in [-0.39, 0.29) is 0 Å². The second-order valence-corrected chi connectivity index (χ2v) is 6.25. The minimum Gasteiger partial charge on any atom is -0.312 e. The van der Waals surface area contributed by atoms with E-state index in [0.717, 1.165) is 18.7 Å². The molecule has 0 saturated carbocycles. The molecule has 0 aliphatic carbocycles. The summed E-state index contributed by atoms with van der Waals surface area (Å²) >= 11 is 1.65. The van der Waals surface area contributed by atoms with Gasteiger partial charge in [-0.05, 0) is 30.9 Å². The third kappa shape index (κ3) is 5.29. The molecule has 0 radical (unpaired) electrons. The first-order valence-corrected chi connectivity index (χ1v) is 6.57. The van der Waals surface area contributed by atoms with Crippen LogP contribution in [0.4, 0.5) is 0 Å². The molecule has 0 atom stereocenters. The molecule has 0 bridgehead atoms. The first kappa shape index (κ1) is 13.2. The van der Waals surface area contributed by atoms with Crippen molar-refractivity contribution in [1.29, 1.82) is 5.26 Å². The minimum absolute atomic E-state index is 0.429. The summed E-state index contributed by atoms with van der Waals surface area (Å²) in [6.45, 7) is 8.75. The molecule has 3 heteroatoms. The van der Waals surface area contributed by atoms with E-state index in [4.69, 9.17) is 5.26 Å². The first-order valence-electron chi connectivity index (χ1n) is 5.69. The largest absolute Gasteiger partial charge is 0.312 e. The van der Waals surface area contributed by atoms with Crippen LogP contribution in [0.1, 0.15) is 44.1 Å². The summed E-state index contributed by atoms with van der Waals surface area (Å²) in [6.07, 6.45) is 2.45. The highest BCUT2D eigenvalue weighted by Gasteiger charge is 2.08. The van der Waals surface area contributed by atoms with Crippen molar-refractivity contribution in [2.24, 2.45) is 5.41 Å². The molecule has 1 rings (SSSR count). The molecule has 0 aromatic carbocycles. The maximum atomic E-state index is 8.69. The highest BCUT2D eigenvalue weighted by molar-refractivity contribution is 7.10. The van der Waals surface area contributed by atoms with Crippen molar-refractivity contribution in [2.45, 2.75) is 40.2 Å². The maximum absolute atomic E-state index is 8.69. The van der Waals surface area contributed by atoms with Crippen LogP contribution in [-0.4, -0.2) is 6.54 Å². The van der Waals surface area contributed by atoms with E-state index >= 15 is 0 Å². The quantitative estimate of drug-likeness (QED) is 0.794. The molecular formula is C13H20N2S. The lowest BCUT2D eigenvalue weighted by Gasteiger charge is -2.17. The van der Waals surface area contributed by atoms with Crippen molar-refractivity contribution < 1.29 is 0 Å². The number of nitrogens with zero attached hydrogens (tertiary/aromatic N) is 1. The summed E-state index contributed by atoms with van der Waals surface area (Å²) < 4.78 is 0. The lowest BCUT2D eigenvalue weighted by atomic mass is 9.91. The van der Waals surface area contributed by atoms with Gasteiger partial charge in [-0.2, -0.15) is 5.26 Å². The molecule has 0 fully saturated rings. The highest BCUT2D eigenvalue weighted by atomic mass is 32.1. The van der Waals surface area contributed by atoms with Gasteiger partial charge in [0.15, 0.2) is 0 Å². The maximum Gasteiger partial charge on any atom is 0.100 e. The Kier molecular flexibility index (Phi) is 4.98. The van der Waals surface area contributed by atoms with Crippen LogP contribution in [0.5, 0.6) is 0 Å². The number of nitrogens with one attached hydrogen (secondary N) is 1. The molecule has 0 amide bonds. The number of rotatable bonds is 5. The number of hydrogen-bond acceptors (Lipinski definition) is 3. The van der Waals surface area contributed by atoms with Crippen molar-refractivity contribution in [3.8, 4) is 6.07 Å². The van der Waals surface area contributed by atoms with Gasteiger partial charge in [-0.1, -0.05) is 20.8 Å². The zero-order valence-corrected chi connectivity index (χ0v) is 11.2. The molecule has 1 aromatic rings. The van der Waals surface area contributed by atoms with Crippen molar-refractivity contribution in [3.63, 3.8) is 0 Å². The number of thiophene rings is 1. The second kappa shape index (κ2) is 6.03. The van der Waals surface area contributed by atoms with Gasteiger partial charge in [-0.15, -0.1) is 11.3 Å². The van der Waals surface area contributed by atoms with E-state index in [2.05, 4.69) is 32.2 Å². The summed E-state index contributed by atoms with van der Waals surface area (Å²) in [6, 6.07) is 4.11. The molecule has 2 nitrogen and oxygen atoms in total. The zero-order chi connectivity index (χ0) is 12.0. The third-order valence-electron chi connectivity index (χ3n) is 2.36. The lowest BCUT2D eigenvalue weighted by Crippen LogP contribution is -2.16. The van der Waals surface area contributed by atoms with Crippen molar-refractivity contribution in [1.82, 2.24) is 5.32 Å². The molecule has 0 spiro atoms. The Bertz CT molecular complexity index is 355. The van der Waals surface area contributed by atoms with Gasteiger partial charge in [0.2, 0.25) is 0 Å². The van der Waals surface area contributed by atoms with Crippen LogP contribution in [-0.2, 0) is 6.54 Å². The number of hydrogen-bond donors (Lipinski definition) is 1. The Morgan fingerprint density at radius 2 is 2.19 bits per heavy atom. The Hall–Kier alpha value is -0.850. The topological polar surface area (TPSA) is 35.8 Å². The fourth-order valence-electron chi connectivity index (χ4n) is 1.49. The summed E-state index contributed by atoms with van der Waals surface area (Å²) in [4.78, 5) is 1.24. The molecule has 0 aliphatic rings. The summed E-state index contributed by atoms with van der Waals surface area (Å²) in [7, 11) is 0. The van der Waals surface area contributed by atoms with Gasteiger partial charge in [0.05, 0.1) is 5.56 Å². The Labute approximate surface area is 102 Å². The van der Waals surface area contributed by atoms with Crippen LogP contribution in [0, 0.1) is 16.7 Å². The Morgan fingerprint density at radius 3 is 2.75 bits per heavy atom. The summed E-state index contributed by atoms with van der Waals surface area (Å²) in [5, 5.41) is 14.0. The molecule has 1 aromatic heterocycles. The smallest absolute Gasteiger partial charge is 0.100 e. The minimum atomic E-state index is 0.429. The van der Waals surface area contributed by atoms with E-state index in [1.165, 1.54) is 17.7 Å². The van der Waals surface area contributed by atoms with E-state index in [0.29, 0.717) is 5.41 Å². The molecule has 16 heavy (non-hydrogen) atoms. The SMILES string of the molecule is CC(C)(C)CCCNCc1cc(C#N)cs1. The van der Waals surface area contributed by atoms with E-state index < -0.39 is 0 Å². The molecule has 0 unspecified atom stereocenters. The Balaban J connectivity index is 2.14. The first-order chi connectivity index (χ1) is 7.51. The van der Waals surface area contributed by atoms with Crippen molar-refractivity contribution >= 4 is 11.3 Å². The molecule has 88 valence electrons. The summed E-state index contributed by atoms with van der Waals surface area (Å²) in [5.74, 6) is 0. The number of nitriles is 1. The second-order valence-electron chi connectivity index (χ2n) is 5.25. The standard InChI is InChI=1S/C13H20N2S/c1-13(2,3)5-4-6-15-9-12-7-11(8-14)10-16-12/h7,10,15H,4-6,9H2,1-3H3. The monoisotopic (exact) mass is 236 g/mol. The van der Waals surface area contributed by atoms with E-state index in [1.54, 1.807) is 11.3 Å². The van der Waals surface area contributed by atoms with Gasteiger partial charge in [0.1, 0.15) is 6.07 Å². The molecule has 1 heterocycles. The van der Waals surface area contributed by atoms with E-state index in [9.17, 15) is 0 Å². The summed E-state index contributed by atoms with van der Waals surface area (Å²) in [5.41, 5.74) is 1.20. The molecule has 0 aliphatic heterocycles. The van der Waals surface area contributed by atoms with Gasteiger partial charge in [0, 0.05) is 16.8 Å². The van der Waals surface area contributed by atoms with Crippen LogP contribution >= 0.6 is 11.3 Å². The van der Waals surface area contributed by atoms with Crippen LogP contribution < -0.4 is 5.32 Å². The average molecular weight is 236 g/mol. The predicted molar refractivity (Wildman–Crippen MR) is 69.4 cm³/mol. The van der Waals surface area contributed by atoms with Gasteiger partial charge < -0.3 is 5.32 Å².